The number of rotatable bonds is 3. The molecule has 2 rings (SSSR count). The Hall–Kier alpha value is -1.85. The highest BCUT2D eigenvalue weighted by molar-refractivity contribution is 5.72. The van der Waals surface area contributed by atoms with Gasteiger partial charge in [-0.2, -0.15) is 0 Å². The van der Waals surface area contributed by atoms with Gasteiger partial charge in [0.25, 0.3) is 5.56 Å². The fourth-order valence-electron chi connectivity index (χ4n) is 2.53. The van der Waals surface area contributed by atoms with Crippen LogP contribution in [0.3, 0.4) is 0 Å². The number of piperidine rings is 1. The first kappa shape index (κ1) is 14.6. The van der Waals surface area contributed by atoms with E-state index < -0.39 is 0 Å². The average Bonchev–Trinajstić information content (AvgIpc) is 2.46. The summed E-state index contributed by atoms with van der Waals surface area (Å²) in [5.41, 5.74) is -0.0704. The van der Waals surface area contributed by atoms with E-state index in [1.54, 1.807) is 17.0 Å². The molecule has 0 unspecified atom stereocenters. The molecule has 1 aliphatic rings. The van der Waals surface area contributed by atoms with Gasteiger partial charge in [-0.3, -0.25) is 9.59 Å². The van der Waals surface area contributed by atoms with E-state index in [0.717, 1.165) is 0 Å². The number of hydrogen-bond donors (Lipinski definition) is 0. The van der Waals surface area contributed by atoms with Gasteiger partial charge in [0.05, 0.1) is 13.0 Å². The van der Waals surface area contributed by atoms with E-state index in [0.29, 0.717) is 31.7 Å². The highest BCUT2D eigenvalue weighted by atomic mass is 16.5. The summed E-state index contributed by atoms with van der Waals surface area (Å²) in [7, 11) is 1.41. The standard InChI is InChI=1S/C14H21N3O3/c1-10(2)17-9-6-15-12(13(17)18)16-7-4-11(5-8-16)14(19)20-3/h6,9-11H,4-5,7-8H2,1-3H3. The average molecular weight is 279 g/mol. The van der Waals surface area contributed by atoms with Crippen LogP contribution >= 0.6 is 0 Å². The highest BCUT2D eigenvalue weighted by Crippen LogP contribution is 2.20. The third-order valence-corrected chi connectivity index (χ3v) is 3.74. The van der Waals surface area contributed by atoms with Crippen LogP contribution in [0.25, 0.3) is 0 Å². The Bertz CT molecular complexity index is 531. The predicted molar refractivity (Wildman–Crippen MR) is 75.8 cm³/mol. The summed E-state index contributed by atoms with van der Waals surface area (Å²) in [6.45, 7) is 5.25. The van der Waals surface area contributed by atoms with Gasteiger partial charge in [-0.15, -0.1) is 0 Å². The highest BCUT2D eigenvalue weighted by Gasteiger charge is 2.27. The van der Waals surface area contributed by atoms with E-state index in [2.05, 4.69) is 4.98 Å². The summed E-state index contributed by atoms with van der Waals surface area (Å²) in [6, 6.07) is 0.108. The molecular formula is C14H21N3O3. The van der Waals surface area contributed by atoms with Gasteiger partial charge in [-0.25, -0.2) is 4.98 Å². The molecular weight excluding hydrogens is 258 g/mol. The quantitative estimate of drug-likeness (QED) is 0.778. The number of anilines is 1. The molecule has 6 heteroatoms. The SMILES string of the molecule is COC(=O)C1CCN(c2nccn(C(C)C)c2=O)CC1. The summed E-state index contributed by atoms with van der Waals surface area (Å²) < 4.78 is 6.44. The first-order valence-corrected chi connectivity index (χ1v) is 6.94. The first-order chi connectivity index (χ1) is 9.54. The van der Waals surface area contributed by atoms with Gasteiger partial charge in [0, 0.05) is 31.5 Å². The van der Waals surface area contributed by atoms with Crippen molar-refractivity contribution in [3.63, 3.8) is 0 Å². The van der Waals surface area contributed by atoms with Crippen molar-refractivity contribution >= 4 is 11.8 Å². The summed E-state index contributed by atoms with van der Waals surface area (Å²) in [4.78, 5) is 30.0. The van der Waals surface area contributed by atoms with Gasteiger partial charge in [-0.1, -0.05) is 0 Å². The molecule has 0 N–H and O–H groups in total. The normalized spacial score (nSPS) is 16.5. The van der Waals surface area contributed by atoms with Gasteiger partial charge < -0.3 is 14.2 Å². The molecule has 110 valence electrons. The number of ether oxygens (including phenoxy) is 1. The van der Waals surface area contributed by atoms with Crippen LogP contribution in [0.2, 0.25) is 0 Å². The van der Waals surface area contributed by atoms with E-state index in [4.69, 9.17) is 4.74 Å². The molecule has 1 aromatic rings. The Labute approximate surface area is 118 Å². The summed E-state index contributed by atoms with van der Waals surface area (Å²) in [6.07, 6.45) is 4.76. The van der Waals surface area contributed by atoms with Gasteiger partial charge >= 0.3 is 5.97 Å². The molecule has 0 atom stereocenters. The molecule has 0 aromatic carbocycles. The van der Waals surface area contributed by atoms with Crippen LogP contribution in [0.15, 0.2) is 17.2 Å². The Morgan fingerprint density at radius 2 is 2.05 bits per heavy atom. The molecule has 1 saturated heterocycles. The molecule has 0 bridgehead atoms. The lowest BCUT2D eigenvalue weighted by Gasteiger charge is -2.31. The van der Waals surface area contributed by atoms with Crippen LogP contribution in [0, 0.1) is 5.92 Å². The molecule has 0 spiro atoms. The molecule has 0 saturated carbocycles. The molecule has 1 aromatic heterocycles. The molecule has 20 heavy (non-hydrogen) atoms. The molecule has 1 fully saturated rings. The first-order valence-electron chi connectivity index (χ1n) is 6.94. The van der Waals surface area contributed by atoms with Crippen LogP contribution < -0.4 is 10.5 Å². The number of hydrogen-bond acceptors (Lipinski definition) is 5. The maximum atomic E-state index is 12.3. The number of carbonyl (C=O) groups excluding carboxylic acids is 1. The Morgan fingerprint density at radius 3 is 2.60 bits per heavy atom. The van der Waals surface area contributed by atoms with Gasteiger partial charge in [0.2, 0.25) is 0 Å². The van der Waals surface area contributed by atoms with E-state index in [-0.39, 0.29) is 23.5 Å². The minimum absolute atomic E-state index is 0.0627. The number of aromatic nitrogens is 2. The second-order valence-corrected chi connectivity index (χ2v) is 5.34. The Morgan fingerprint density at radius 1 is 1.40 bits per heavy atom. The second kappa shape index (κ2) is 6.07. The Kier molecular flexibility index (Phi) is 4.42. The lowest BCUT2D eigenvalue weighted by atomic mass is 9.97. The van der Waals surface area contributed by atoms with Gasteiger partial charge in [0.15, 0.2) is 5.82 Å². The van der Waals surface area contributed by atoms with Crippen molar-refractivity contribution in [3.05, 3.63) is 22.7 Å². The van der Waals surface area contributed by atoms with Crippen molar-refractivity contribution < 1.29 is 9.53 Å². The minimum Gasteiger partial charge on any atom is -0.469 e. The van der Waals surface area contributed by atoms with Gasteiger partial charge in [0.1, 0.15) is 0 Å². The van der Waals surface area contributed by atoms with Crippen LogP contribution in [0.5, 0.6) is 0 Å². The largest absolute Gasteiger partial charge is 0.469 e. The second-order valence-electron chi connectivity index (χ2n) is 5.34. The van der Waals surface area contributed by atoms with E-state index in [1.165, 1.54) is 7.11 Å². The fourth-order valence-corrected chi connectivity index (χ4v) is 2.53. The zero-order valence-electron chi connectivity index (χ0n) is 12.2. The number of methoxy groups -OCH3 is 1. The summed E-state index contributed by atoms with van der Waals surface area (Å²) >= 11 is 0. The molecule has 1 aliphatic heterocycles. The third kappa shape index (κ3) is 2.84. The van der Waals surface area contributed by atoms with Crippen molar-refractivity contribution in [2.75, 3.05) is 25.1 Å². The molecule has 0 radical (unpaired) electrons. The smallest absolute Gasteiger partial charge is 0.308 e. The molecule has 2 heterocycles. The van der Waals surface area contributed by atoms with Crippen molar-refractivity contribution in [3.8, 4) is 0 Å². The van der Waals surface area contributed by atoms with Crippen molar-refractivity contribution in [1.82, 2.24) is 9.55 Å². The lowest BCUT2D eigenvalue weighted by molar-refractivity contribution is -0.146. The molecule has 0 aliphatic carbocycles. The topological polar surface area (TPSA) is 64.4 Å². The van der Waals surface area contributed by atoms with Crippen LogP contribution in [0.4, 0.5) is 5.82 Å². The van der Waals surface area contributed by atoms with Crippen LogP contribution in [-0.4, -0.2) is 35.7 Å². The van der Waals surface area contributed by atoms with Crippen molar-refractivity contribution in [2.24, 2.45) is 5.92 Å². The monoisotopic (exact) mass is 279 g/mol. The lowest BCUT2D eigenvalue weighted by Crippen LogP contribution is -2.41. The number of esters is 1. The number of nitrogens with zero attached hydrogens (tertiary/aromatic N) is 3. The van der Waals surface area contributed by atoms with E-state index in [1.807, 2.05) is 18.7 Å². The van der Waals surface area contributed by atoms with Crippen LogP contribution in [0.1, 0.15) is 32.7 Å². The molecule has 6 nitrogen and oxygen atoms in total. The maximum Gasteiger partial charge on any atom is 0.308 e. The third-order valence-electron chi connectivity index (χ3n) is 3.74. The molecule has 0 amide bonds. The van der Waals surface area contributed by atoms with E-state index in [9.17, 15) is 9.59 Å². The van der Waals surface area contributed by atoms with E-state index >= 15 is 0 Å². The maximum absolute atomic E-state index is 12.3. The van der Waals surface area contributed by atoms with Crippen molar-refractivity contribution in [2.45, 2.75) is 32.7 Å². The summed E-state index contributed by atoms with van der Waals surface area (Å²) in [5, 5.41) is 0. The van der Waals surface area contributed by atoms with Crippen LogP contribution in [-0.2, 0) is 9.53 Å². The van der Waals surface area contributed by atoms with Gasteiger partial charge in [-0.05, 0) is 26.7 Å². The number of carbonyl (C=O) groups is 1. The minimum atomic E-state index is -0.162. The zero-order chi connectivity index (χ0) is 14.7. The zero-order valence-corrected chi connectivity index (χ0v) is 12.2. The van der Waals surface area contributed by atoms with Crippen molar-refractivity contribution in [1.29, 1.82) is 0 Å². The Balaban J connectivity index is 2.13. The predicted octanol–water partition coefficient (Wildman–Crippen LogP) is 1.21. The fraction of sp³-hybridized carbons (Fsp3) is 0.643. The summed E-state index contributed by atoms with van der Waals surface area (Å²) in [5.74, 6) is 0.252.